The molecule has 1 heterocycles. The summed E-state index contributed by atoms with van der Waals surface area (Å²) < 4.78 is 0. The number of carboxylic acids is 1. The normalized spacial score (nSPS) is 13.8. The van der Waals surface area contributed by atoms with Crippen molar-refractivity contribution in [2.24, 2.45) is 0 Å². The van der Waals surface area contributed by atoms with Crippen LogP contribution in [0, 0.1) is 10.1 Å². The van der Waals surface area contributed by atoms with Gasteiger partial charge in [0, 0.05) is 37.9 Å². The molecule has 1 aromatic rings. The van der Waals surface area contributed by atoms with Gasteiger partial charge in [0.15, 0.2) is 0 Å². The number of allylic oxidation sites excluding steroid dienone is 5. The maximum absolute atomic E-state index is 11.4. The van der Waals surface area contributed by atoms with Crippen molar-refractivity contribution in [3.8, 4) is 0 Å². The predicted octanol–water partition coefficient (Wildman–Crippen LogP) is 4.84. The first-order valence-electron chi connectivity index (χ1n) is 12.9. The van der Waals surface area contributed by atoms with Gasteiger partial charge in [-0.05, 0) is 51.5 Å². The number of hydrogen-bond acceptors (Lipinski definition) is 10. The highest BCUT2D eigenvalue weighted by Crippen LogP contribution is 2.31. The first-order valence-corrected chi connectivity index (χ1v) is 12.9. The van der Waals surface area contributed by atoms with Gasteiger partial charge in [-0.2, -0.15) is 0 Å². The number of benzene rings is 1. The van der Waals surface area contributed by atoms with Crippen molar-refractivity contribution in [2.45, 2.75) is 33.2 Å². The molecule has 2 rings (SSSR count). The number of carbonyl (C=O) groups excluding carboxylic acids is 1. The van der Waals surface area contributed by atoms with E-state index in [9.17, 15) is 20.0 Å². The molecule has 12 nitrogen and oxygen atoms in total. The van der Waals surface area contributed by atoms with Gasteiger partial charge in [0.05, 0.1) is 17.1 Å². The molecule has 0 spiro atoms. The molecule has 1 aliphatic heterocycles. The summed E-state index contributed by atoms with van der Waals surface area (Å²) in [7, 11) is 0. The highest BCUT2D eigenvalue weighted by atomic mass is 16.6. The summed E-state index contributed by atoms with van der Waals surface area (Å²) in [5.41, 5.74) is 1.69. The van der Waals surface area contributed by atoms with Crippen LogP contribution >= 0.6 is 0 Å². The fraction of sp³-hybridized carbons (Fsp3) is 0.333. The average molecular weight is 589 g/mol. The Hall–Kier alpha value is -4.68. The molecule has 42 heavy (non-hydrogen) atoms. The van der Waals surface area contributed by atoms with Gasteiger partial charge in [-0.25, -0.2) is 4.79 Å². The molecular formula is C30H44N4O8. The third-order valence-electron chi connectivity index (χ3n) is 5.41. The minimum absolute atomic E-state index is 0.0856. The Labute approximate surface area is 247 Å². The van der Waals surface area contributed by atoms with E-state index in [4.69, 9.17) is 20.1 Å². The molecule has 232 valence electrons. The van der Waals surface area contributed by atoms with Crippen LogP contribution in [0.4, 0.5) is 17.1 Å². The maximum Gasteiger partial charge on any atom is 0.326 e. The summed E-state index contributed by atoms with van der Waals surface area (Å²) in [5.74, 6) is -1.41. The van der Waals surface area contributed by atoms with E-state index in [2.05, 4.69) is 35.3 Å². The highest BCUT2D eigenvalue weighted by molar-refractivity contribution is 5.80. The van der Waals surface area contributed by atoms with Crippen molar-refractivity contribution in [2.75, 3.05) is 43.0 Å². The molecule has 1 aliphatic rings. The summed E-state index contributed by atoms with van der Waals surface area (Å²) >= 11 is 0. The second kappa shape index (κ2) is 23.1. The second-order valence-electron chi connectivity index (χ2n) is 8.55. The second-order valence-corrected chi connectivity index (χ2v) is 8.55. The molecule has 1 atom stereocenters. The van der Waals surface area contributed by atoms with Crippen molar-refractivity contribution in [1.82, 2.24) is 5.32 Å². The summed E-state index contributed by atoms with van der Waals surface area (Å²) in [5, 5.41) is 53.4. The topological polar surface area (TPSA) is 185 Å². The summed E-state index contributed by atoms with van der Waals surface area (Å²) in [6.07, 6.45) is 8.31. The van der Waals surface area contributed by atoms with Gasteiger partial charge in [-0.15, -0.1) is 6.58 Å². The van der Waals surface area contributed by atoms with Crippen LogP contribution in [0.15, 0.2) is 91.0 Å². The number of rotatable bonds is 11. The lowest BCUT2D eigenvalue weighted by Crippen LogP contribution is -2.43. The molecule has 0 amide bonds. The molecular weight excluding hydrogens is 544 g/mol. The van der Waals surface area contributed by atoms with Crippen LogP contribution in [0.5, 0.6) is 0 Å². The standard InChI is InChI=1S/C16H22N4O4.C8H12O3.C5H8.CH2O/c1-11(2)9-14(16(21)22)18-13-10-12(3-4-15(13)20(23)24)19-7-5-17-6-8-19;1-3-7(10)6(5-9)8(11)4-2;1-3-5-4-2;1-2/h3-4,10,14,17-18H,1,5-9H2,2H3,(H,21,22);3-4,9-11H,1,5H2,2H3;3-5H,1H2,2H3;1H2/b;7-6+,8-4+;5-4-;. The van der Waals surface area contributed by atoms with Gasteiger partial charge >= 0.3 is 5.97 Å². The van der Waals surface area contributed by atoms with Crippen LogP contribution in [0.2, 0.25) is 0 Å². The van der Waals surface area contributed by atoms with Crippen molar-refractivity contribution in [3.63, 3.8) is 0 Å². The zero-order valence-corrected chi connectivity index (χ0v) is 24.6. The van der Waals surface area contributed by atoms with Crippen molar-refractivity contribution in [3.05, 3.63) is 101 Å². The lowest BCUT2D eigenvalue weighted by Gasteiger charge is -2.30. The number of piperazine rings is 1. The van der Waals surface area contributed by atoms with Gasteiger partial charge in [0.25, 0.3) is 5.69 Å². The Bertz CT molecular complexity index is 1120. The number of aliphatic hydroxyl groups excluding tert-OH is 3. The number of hydrogen-bond donors (Lipinski definition) is 6. The molecule has 0 aliphatic carbocycles. The minimum Gasteiger partial charge on any atom is -0.508 e. The van der Waals surface area contributed by atoms with E-state index in [1.807, 2.05) is 25.9 Å². The molecule has 1 saturated heterocycles. The molecule has 12 heteroatoms. The third-order valence-corrected chi connectivity index (χ3v) is 5.41. The van der Waals surface area contributed by atoms with Crippen LogP contribution in [0.25, 0.3) is 0 Å². The highest BCUT2D eigenvalue weighted by Gasteiger charge is 2.23. The Morgan fingerprint density at radius 1 is 1.19 bits per heavy atom. The SMILES string of the molecule is C=C(C)CC(Nc1cc(N2CCNCC2)ccc1[N+](=O)[O-])C(=O)O.C=C/C(O)=C(CO)\C(O)=C/C.C=C/C=C\C.C=O. The van der Waals surface area contributed by atoms with Gasteiger partial charge in [-0.1, -0.05) is 37.0 Å². The Balaban J connectivity index is 0. The smallest absolute Gasteiger partial charge is 0.326 e. The van der Waals surface area contributed by atoms with Crippen LogP contribution in [0.1, 0.15) is 27.2 Å². The lowest BCUT2D eigenvalue weighted by molar-refractivity contribution is -0.384. The molecule has 6 N–H and O–H groups in total. The van der Waals surface area contributed by atoms with Gasteiger partial charge < -0.3 is 40.8 Å². The monoisotopic (exact) mass is 588 g/mol. The van der Waals surface area contributed by atoms with E-state index in [0.29, 0.717) is 5.57 Å². The van der Waals surface area contributed by atoms with E-state index >= 15 is 0 Å². The fourth-order valence-electron chi connectivity index (χ4n) is 3.38. The zero-order valence-electron chi connectivity index (χ0n) is 24.6. The van der Waals surface area contributed by atoms with Gasteiger partial charge in [0.1, 0.15) is 30.0 Å². The van der Waals surface area contributed by atoms with E-state index in [1.54, 1.807) is 32.1 Å². The minimum atomic E-state index is -1.07. The largest absolute Gasteiger partial charge is 0.508 e. The Morgan fingerprint density at radius 3 is 2.17 bits per heavy atom. The molecule has 1 aromatic carbocycles. The van der Waals surface area contributed by atoms with Crippen LogP contribution in [-0.2, 0) is 9.59 Å². The molecule has 0 bridgehead atoms. The summed E-state index contributed by atoms with van der Waals surface area (Å²) in [4.78, 5) is 32.3. The number of aliphatic hydroxyl groups is 3. The van der Waals surface area contributed by atoms with Crippen LogP contribution in [0.3, 0.4) is 0 Å². The van der Waals surface area contributed by atoms with E-state index < -0.39 is 23.5 Å². The first kappa shape index (κ1) is 39.5. The van der Waals surface area contributed by atoms with Crippen molar-refractivity contribution < 1.29 is 34.9 Å². The van der Waals surface area contributed by atoms with E-state index in [1.165, 1.54) is 12.1 Å². The molecule has 0 aromatic heterocycles. The number of carbonyl (C=O) groups is 2. The number of carboxylic acid groups (broad SMARTS) is 1. The van der Waals surface area contributed by atoms with E-state index in [-0.39, 0.29) is 34.9 Å². The van der Waals surface area contributed by atoms with Gasteiger partial charge in [0.2, 0.25) is 0 Å². The Kier molecular flexibility index (Phi) is 21.7. The lowest BCUT2D eigenvalue weighted by atomic mass is 10.1. The number of nitrogens with one attached hydrogen (secondary N) is 2. The summed E-state index contributed by atoms with van der Waals surface area (Å²) in [6, 6.07) is 3.81. The average Bonchev–Trinajstić information content (AvgIpc) is 2.99. The number of aliphatic carboxylic acids is 1. The summed E-state index contributed by atoms with van der Waals surface area (Å²) in [6.45, 7) is 20.6. The molecule has 1 fully saturated rings. The molecule has 1 unspecified atom stereocenters. The maximum atomic E-state index is 11.4. The third kappa shape index (κ3) is 15.2. The number of nitro benzene ring substituents is 1. The predicted molar refractivity (Wildman–Crippen MR) is 168 cm³/mol. The zero-order chi connectivity index (χ0) is 32.7. The Morgan fingerprint density at radius 2 is 1.79 bits per heavy atom. The first-order chi connectivity index (χ1) is 20.0. The van der Waals surface area contributed by atoms with Crippen LogP contribution < -0.4 is 15.5 Å². The number of nitro groups is 1. The van der Waals surface area contributed by atoms with E-state index in [0.717, 1.165) is 37.9 Å². The quantitative estimate of drug-likeness (QED) is 0.0683. The van der Waals surface area contributed by atoms with Crippen molar-refractivity contribution in [1.29, 1.82) is 0 Å². The molecule has 0 saturated carbocycles. The number of nitrogens with zero attached hydrogens (tertiary/aromatic N) is 2. The van der Waals surface area contributed by atoms with Crippen molar-refractivity contribution >= 4 is 29.8 Å². The molecule has 0 radical (unpaired) electrons. The van der Waals surface area contributed by atoms with Gasteiger partial charge in [-0.3, -0.25) is 10.1 Å². The van der Waals surface area contributed by atoms with Crippen LogP contribution in [-0.4, -0.2) is 76.9 Å². The fourth-order valence-corrected chi connectivity index (χ4v) is 3.38. The number of anilines is 2.